The van der Waals surface area contributed by atoms with Crippen LogP contribution < -0.4 is 10.6 Å². The van der Waals surface area contributed by atoms with Crippen LogP contribution in [0.4, 0.5) is 5.69 Å². The molecule has 2 aliphatic rings. The topological polar surface area (TPSA) is 95.6 Å². The lowest BCUT2D eigenvalue weighted by Crippen LogP contribution is -2.54. The smallest absolute Gasteiger partial charge is 0.264 e. The van der Waals surface area contributed by atoms with Crippen molar-refractivity contribution >= 4 is 40.9 Å². The van der Waals surface area contributed by atoms with Gasteiger partial charge < -0.3 is 5.32 Å². The largest absolute Gasteiger partial charge is 0.380 e. The Morgan fingerprint density at radius 3 is 2.41 bits per heavy atom. The molecule has 4 rings (SSSR count). The molecule has 0 aromatic heterocycles. The summed E-state index contributed by atoms with van der Waals surface area (Å²) >= 11 is 5.81. The second-order valence-corrected chi connectivity index (χ2v) is 7.25. The summed E-state index contributed by atoms with van der Waals surface area (Å²) in [6.07, 6.45) is 0.221. The van der Waals surface area contributed by atoms with Crippen LogP contribution in [0.15, 0.2) is 42.5 Å². The van der Waals surface area contributed by atoms with Crippen LogP contribution in [-0.2, 0) is 22.0 Å². The van der Waals surface area contributed by atoms with E-state index in [9.17, 15) is 19.2 Å². The average Bonchev–Trinajstić information content (AvgIpc) is 2.98. The number of nitrogens with zero attached hydrogens (tertiary/aromatic N) is 1. The first-order valence-electron chi connectivity index (χ1n) is 9.22. The molecule has 1 atom stereocenters. The van der Waals surface area contributed by atoms with Gasteiger partial charge in [-0.2, -0.15) is 0 Å². The zero-order chi connectivity index (χ0) is 20.5. The average molecular weight is 412 g/mol. The molecule has 0 bridgehead atoms. The molecule has 4 amide bonds. The quantitative estimate of drug-likeness (QED) is 0.582. The highest BCUT2D eigenvalue weighted by Crippen LogP contribution is 2.32. The van der Waals surface area contributed by atoms with Gasteiger partial charge in [0.15, 0.2) is 0 Å². The molecule has 148 valence electrons. The molecule has 1 fully saturated rings. The van der Waals surface area contributed by atoms with Crippen molar-refractivity contribution in [2.24, 2.45) is 0 Å². The fourth-order valence-corrected chi connectivity index (χ4v) is 3.78. The summed E-state index contributed by atoms with van der Waals surface area (Å²) in [6, 6.07) is 11.8. The minimum Gasteiger partial charge on any atom is -0.380 e. The lowest BCUT2D eigenvalue weighted by molar-refractivity contribution is -0.136. The van der Waals surface area contributed by atoms with Crippen LogP contribution in [0, 0.1) is 0 Å². The van der Waals surface area contributed by atoms with Gasteiger partial charge in [-0.05, 0) is 29.7 Å². The first-order valence-corrected chi connectivity index (χ1v) is 9.75. The molecule has 0 spiro atoms. The van der Waals surface area contributed by atoms with E-state index in [-0.39, 0.29) is 24.0 Å². The maximum atomic E-state index is 13.0. The van der Waals surface area contributed by atoms with E-state index in [0.29, 0.717) is 18.1 Å². The van der Waals surface area contributed by atoms with Gasteiger partial charge in [0.2, 0.25) is 11.8 Å². The van der Waals surface area contributed by atoms with Crippen molar-refractivity contribution in [3.05, 3.63) is 64.7 Å². The van der Waals surface area contributed by atoms with Gasteiger partial charge >= 0.3 is 0 Å². The molecule has 2 N–H and O–H groups in total. The van der Waals surface area contributed by atoms with Gasteiger partial charge in [0.1, 0.15) is 6.04 Å². The van der Waals surface area contributed by atoms with Crippen molar-refractivity contribution < 1.29 is 19.2 Å². The third kappa shape index (κ3) is 3.49. The third-order valence-corrected chi connectivity index (χ3v) is 5.44. The van der Waals surface area contributed by atoms with Crippen LogP contribution in [0.25, 0.3) is 0 Å². The highest BCUT2D eigenvalue weighted by atomic mass is 35.5. The summed E-state index contributed by atoms with van der Waals surface area (Å²) in [5.41, 5.74) is 3.03. The van der Waals surface area contributed by atoms with Crippen molar-refractivity contribution in [2.45, 2.75) is 31.3 Å². The lowest BCUT2D eigenvalue weighted by Gasteiger charge is -2.27. The molecule has 2 heterocycles. The van der Waals surface area contributed by atoms with E-state index >= 15 is 0 Å². The number of carbonyl (C=O) groups is 4. The van der Waals surface area contributed by atoms with Gasteiger partial charge in [-0.15, -0.1) is 11.6 Å². The molecular formula is C21H18ClN3O4. The highest BCUT2D eigenvalue weighted by Gasteiger charge is 2.45. The first kappa shape index (κ1) is 19.1. The van der Waals surface area contributed by atoms with Crippen molar-refractivity contribution in [1.82, 2.24) is 10.2 Å². The molecule has 1 saturated heterocycles. The Morgan fingerprint density at radius 2 is 1.72 bits per heavy atom. The Kier molecular flexibility index (Phi) is 5.07. The maximum Gasteiger partial charge on any atom is 0.264 e. The predicted molar refractivity (Wildman–Crippen MR) is 106 cm³/mol. The zero-order valence-corrected chi connectivity index (χ0v) is 16.2. The van der Waals surface area contributed by atoms with Crippen molar-refractivity contribution in [1.29, 1.82) is 0 Å². The van der Waals surface area contributed by atoms with E-state index in [4.69, 9.17) is 11.6 Å². The Balaban J connectivity index is 1.57. The van der Waals surface area contributed by atoms with Crippen LogP contribution in [0.5, 0.6) is 0 Å². The van der Waals surface area contributed by atoms with Crippen LogP contribution >= 0.6 is 11.6 Å². The number of halogens is 1. The summed E-state index contributed by atoms with van der Waals surface area (Å²) < 4.78 is 0. The van der Waals surface area contributed by atoms with Gasteiger partial charge in [0.05, 0.1) is 11.1 Å². The second-order valence-electron chi connectivity index (χ2n) is 6.98. The molecule has 8 heteroatoms. The van der Waals surface area contributed by atoms with Crippen LogP contribution in [-0.4, -0.2) is 34.6 Å². The molecule has 2 aromatic rings. The van der Waals surface area contributed by atoms with Crippen LogP contribution in [0.3, 0.4) is 0 Å². The van der Waals surface area contributed by atoms with E-state index in [1.165, 1.54) is 0 Å². The third-order valence-electron chi connectivity index (χ3n) is 5.13. The fourth-order valence-electron chi connectivity index (χ4n) is 3.61. The standard InChI is InChI=1S/C21H18ClN3O4/c22-10-12-4-6-13(7-5-12)11-23-15-3-1-2-14-18(15)21(29)25(20(14)28)16-8-9-17(26)24-19(16)27/h1-7,16,23H,8-11H2,(H,24,26,27)/t16-/m0/s1. The van der Waals surface area contributed by atoms with Gasteiger partial charge in [0.25, 0.3) is 11.8 Å². The van der Waals surface area contributed by atoms with Crippen molar-refractivity contribution in [3.8, 4) is 0 Å². The number of rotatable bonds is 5. The van der Waals surface area contributed by atoms with E-state index in [1.807, 2.05) is 24.3 Å². The number of fused-ring (bicyclic) bond motifs is 1. The summed E-state index contributed by atoms with van der Waals surface area (Å²) in [5, 5.41) is 5.40. The maximum absolute atomic E-state index is 13.0. The normalized spacial score (nSPS) is 18.7. The number of alkyl halides is 1. The second kappa shape index (κ2) is 7.67. The number of anilines is 1. The molecule has 7 nitrogen and oxygen atoms in total. The molecular weight excluding hydrogens is 394 g/mol. The Bertz CT molecular complexity index is 1020. The SMILES string of the molecule is O=C1CC[C@H](N2C(=O)c3cccc(NCc4ccc(CCl)cc4)c3C2=O)C(=O)N1. The van der Waals surface area contributed by atoms with Crippen molar-refractivity contribution in [2.75, 3.05) is 5.32 Å². The predicted octanol–water partition coefficient (Wildman–Crippen LogP) is 2.44. The number of carbonyl (C=O) groups excluding carboxylic acids is 4. The molecule has 2 aliphatic heterocycles. The Morgan fingerprint density at radius 1 is 1.00 bits per heavy atom. The molecule has 29 heavy (non-hydrogen) atoms. The van der Waals surface area contributed by atoms with Crippen LogP contribution in [0.2, 0.25) is 0 Å². The summed E-state index contributed by atoms with van der Waals surface area (Å²) in [7, 11) is 0. The minimum atomic E-state index is -0.976. The van der Waals surface area contributed by atoms with Crippen LogP contribution in [0.1, 0.15) is 44.7 Å². The molecule has 0 saturated carbocycles. The summed E-state index contributed by atoms with van der Waals surface area (Å²) in [5.74, 6) is -1.63. The van der Waals surface area contributed by atoms with Gasteiger partial charge in [0, 0.05) is 24.5 Å². The van der Waals surface area contributed by atoms with Gasteiger partial charge in [-0.25, -0.2) is 0 Å². The Hall–Kier alpha value is -3.19. The Labute approximate surface area is 172 Å². The van der Waals surface area contributed by atoms with Gasteiger partial charge in [-0.3, -0.25) is 29.4 Å². The van der Waals surface area contributed by atoms with E-state index in [2.05, 4.69) is 10.6 Å². The number of amides is 4. The summed E-state index contributed by atoms with van der Waals surface area (Å²) in [6.45, 7) is 0.457. The number of piperidine rings is 1. The summed E-state index contributed by atoms with van der Waals surface area (Å²) in [4.78, 5) is 50.4. The fraction of sp³-hybridized carbons (Fsp3) is 0.238. The number of imide groups is 2. The minimum absolute atomic E-state index is 0.0905. The molecule has 0 radical (unpaired) electrons. The number of nitrogens with one attached hydrogen (secondary N) is 2. The van der Waals surface area contributed by atoms with E-state index in [1.54, 1.807) is 18.2 Å². The lowest BCUT2D eigenvalue weighted by atomic mass is 10.0. The monoisotopic (exact) mass is 411 g/mol. The molecule has 0 aliphatic carbocycles. The number of benzene rings is 2. The number of hydrogen-bond acceptors (Lipinski definition) is 5. The first-order chi connectivity index (χ1) is 14.0. The molecule has 2 aromatic carbocycles. The number of hydrogen-bond donors (Lipinski definition) is 2. The van der Waals surface area contributed by atoms with Gasteiger partial charge in [-0.1, -0.05) is 30.3 Å². The van der Waals surface area contributed by atoms with E-state index in [0.717, 1.165) is 16.0 Å². The highest BCUT2D eigenvalue weighted by molar-refractivity contribution is 6.25. The zero-order valence-electron chi connectivity index (χ0n) is 15.4. The van der Waals surface area contributed by atoms with Crippen molar-refractivity contribution in [3.63, 3.8) is 0 Å². The molecule has 0 unspecified atom stereocenters. The van der Waals surface area contributed by atoms with E-state index < -0.39 is 29.7 Å².